The Morgan fingerprint density at radius 3 is 2.50 bits per heavy atom. The fourth-order valence-electron chi connectivity index (χ4n) is 1.56. The van der Waals surface area contributed by atoms with E-state index in [9.17, 15) is 0 Å². The van der Waals surface area contributed by atoms with Crippen molar-refractivity contribution in [3.05, 3.63) is 5.82 Å². The van der Waals surface area contributed by atoms with Crippen molar-refractivity contribution in [1.82, 2.24) is 9.97 Å². The molecular weight excluding hydrogens is 228 g/mol. The first-order valence-electron chi connectivity index (χ1n) is 6.49. The second kappa shape index (κ2) is 4.63. The molecule has 1 aromatic rings. The summed E-state index contributed by atoms with van der Waals surface area (Å²) >= 11 is 0. The van der Waals surface area contributed by atoms with Crippen LogP contribution >= 0.6 is 0 Å². The van der Waals surface area contributed by atoms with Crippen LogP contribution in [0, 0.1) is 0 Å². The van der Waals surface area contributed by atoms with Crippen LogP contribution in [-0.4, -0.2) is 22.6 Å². The van der Waals surface area contributed by atoms with E-state index in [1.807, 2.05) is 6.92 Å². The van der Waals surface area contributed by atoms with Gasteiger partial charge >= 0.3 is 0 Å². The van der Waals surface area contributed by atoms with Crippen molar-refractivity contribution in [3.8, 4) is 5.88 Å². The van der Waals surface area contributed by atoms with Crippen molar-refractivity contribution in [2.45, 2.75) is 52.0 Å². The highest BCUT2D eigenvalue weighted by molar-refractivity contribution is 5.67. The molecule has 1 heterocycles. The lowest BCUT2D eigenvalue weighted by Gasteiger charge is -2.20. The summed E-state index contributed by atoms with van der Waals surface area (Å²) in [5.41, 5.74) is 6.43. The van der Waals surface area contributed by atoms with E-state index in [-0.39, 0.29) is 5.41 Å². The Kier molecular flexibility index (Phi) is 3.32. The number of hydrogen-bond donors (Lipinski definition) is 2. The average molecular weight is 250 g/mol. The van der Waals surface area contributed by atoms with Crippen LogP contribution in [0.1, 0.15) is 46.4 Å². The van der Waals surface area contributed by atoms with Gasteiger partial charge in [0, 0.05) is 11.5 Å². The normalized spacial score (nSPS) is 15.6. The molecule has 3 N–H and O–H groups in total. The zero-order valence-corrected chi connectivity index (χ0v) is 11.6. The Bertz CT molecular complexity index is 435. The summed E-state index contributed by atoms with van der Waals surface area (Å²) in [5.74, 6) is 1.95. The summed E-state index contributed by atoms with van der Waals surface area (Å²) in [6, 6.07) is 0.504. The standard InChI is InChI=1S/C13H22N4O/c1-5-18-11-9(14)10(15-8-6-7-8)16-12(17-11)13(2,3)4/h8H,5-7,14H2,1-4H3,(H,15,16,17). The van der Waals surface area contributed by atoms with Crippen molar-refractivity contribution in [2.24, 2.45) is 0 Å². The van der Waals surface area contributed by atoms with E-state index in [1.54, 1.807) is 0 Å². The first kappa shape index (κ1) is 12.9. The molecule has 5 heteroatoms. The molecule has 0 aromatic carbocycles. The van der Waals surface area contributed by atoms with Crippen LogP contribution in [0.15, 0.2) is 0 Å². The van der Waals surface area contributed by atoms with Crippen LogP contribution < -0.4 is 15.8 Å². The average Bonchev–Trinajstić information content (AvgIpc) is 3.06. The van der Waals surface area contributed by atoms with E-state index in [1.165, 1.54) is 12.8 Å². The van der Waals surface area contributed by atoms with Gasteiger partial charge in [-0.15, -0.1) is 0 Å². The maximum atomic E-state index is 6.05. The van der Waals surface area contributed by atoms with Gasteiger partial charge in [0.2, 0.25) is 5.88 Å². The van der Waals surface area contributed by atoms with Gasteiger partial charge in [-0.2, -0.15) is 4.98 Å². The second-order valence-electron chi connectivity index (χ2n) is 5.72. The molecule has 1 fully saturated rings. The second-order valence-corrected chi connectivity index (χ2v) is 5.72. The Morgan fingerprint density at radius 2 is 2.00 bits per heavy atom. The summed E-state index contributed by atoms with van der Waals surface area (Å²) < 4.78 is 5.50. The fourth-order valence-corrected chi connectivity index (χ4v) is 1.56. The molecule has 1 aliphatic rings. The van der Waals surface area contributed by atoms with Crippen molar-refractivity contribution >= 4 is 11.5 Å². The highest BCUT2D eigenvalue weighted by Gasteiger charge is 2.26. The lowest BCUT2D eigenvalue weighted by molar-refractivity contribution is 0.324. The quantitative estimate of drug-likeness (QED) is 0.858. The number of rotatable bonds is 4. The topological polar surface area (TPSA) is 73.1 Å². The summed E-state index contributed by atoms with van der Waals surface area (Å²) in [4.78, 5) is 8.96. The smallest absolute Gasteiger partial charge is 0.242 e. The van der Waals surface area contributed by atoms with Gasteiger partial charge < -0.3 is 15.8 Å². The number of nitrogens with zero attached hydrogens (tertiary/aromatic N) is 2. The maximum absolute atomic E-state index is 6.05. The van der Waals surface area contributed by atoms with E-state index in [2.05, 4.69) is 36.1 Å². The van der Waals surface area contributed by atoms with E-state index < -0.39 is 0 Å². The molecule has 2 rings (SSSR count). The Balaban J connectivity index is 2.39. The third kappa shape index (κ3) is 2.83. The molecule has 18 heavy (non-hydrogen) atoms. The van der Waals surface area contributed by atoms with Gasteiger partial charge in [-0.05, 0) is 19.8 Å². The Labute approximate surface area is 108 Å². The van der Waals surface area contributed by atoms with Crippen LogP contribution in [0.3, 0.4) is 0 Å². The van der Waals surface area contributed by atoms with Gasteiger partial charge in [0.1, 0.15) is 11.5 Å². The molecule has 1 aliphatic carbocycles. The Hall–Kier alpha value is -1.52. The highest BCUT2D eigenvalue weighted by atomic mass is 16.5. The zero-order chi connectivity index (χ0) is 13.3. The molecule has 0 amide bonds. The number of nitrogens with two attached hydrogens (primary N) is 1. The van der Waals surface area contributed by atoms with Gasteiger partial charge in [0.05, 0.1) is 6.61 Å². The summed E-state index contributed by atoms with van der Waals surface area (Å²) in [5, 5.41) is 3.34. The van der Waals surface area contributed by atoms with E-state index >= 15 is 0 Å². The van der Waals surface area contributed by atoms with Gasteiger partial charge in [-0.1, -0.05) is 20.8 Å². The predicted molar refractivity (Wildman–Crippen MR) is 73.0 cm³/mol. The monoisotopic (exact) mass is 250 g/mol. The van der Waals surface area contributed by atoms with E-state index in [0.29, 0.717) is 30.0 Å². The number of ether oxygens (including phenoxy) is 1. The number of hydrogen-bond acceptors (Lipinski definition) is 5. The minimum atomic E-state index is -0.125. The van der Waals surface area contributed by atoms with Gasteiger partial charge in [-0.3, -0.25) is 0 Å². The molecule has 5 nitrogen and oxygen atoms in total. The molecule has 0 atom stereocenters. The van der Waals surface area contributed by atoms with Gasteiger partial charge in [0.15, 0.2) is 5.82 Å². The number of aromatic nitrogens is 2. The van der Waals surface area contributed by atoms with Gasteiger partial charge in [0.25, 0.3) is 0 Å². The van der Waals surface area contributed by atoms with Crippen LogP contribution in [0.4, 0.5) is 11.5 Å². The highest BCUT2D eigenvalue weighted by Crippen LogP contribution is 2.33. The number of nitrogens with one attached hydrogen (secondary N) is 1. The third-order valence-electron chi connectivity index (χ3n) is 2.78. The van der Waals surface area contributed by atoms with Crippen molar-refractivity contribution < 1.29 is 4.74 Å². The summed E-state index contributed by atoms with van der Waals surface area (Å²) in [6.07, 6.45) is 2.36. The summed E-state index contributed by atoms with van der Waals surface area (Å²) in [7, 11) is 0. The SMILES string of the molecule is CCOc1nc(C(C)(C)C)nc(NC2CC2)c1N. The first-order valence-corrected chi connectivity index (χ1v) is 6.49. The molecule has 0 aliphatic heterocycles. The van der Waals surface area contributed by atoms with Crippen molar-refractivity contribution in [1.29, 1.82) is 0 Å². The Morgan fingerprint density at radius 1 is 1.33 bits per heavy atom. The summed E-state index contributed by atoms with van der Waals surface area (Å²) in [6.45, 7) is 8.71. The molecule has 0 unspecified atom stereocenters. The van der Waals surface area contributed by atoms with E-state index in [4.69, 9.17) is 10.5 Å². The molecule has 0 radical (unpaired) electrons. The van der Waals surface area contributed by atoms with Gasteiger partial charge in [-0.25, -0.2) is 4.98 Å². The van der Waals surface area contributed by atoms with Crippen LogP contribution in [0.25, 0.3) is 0 Å². The lowest BCUT2D eigenvalue weighted by Crippen LogP contribution is -2.20. The molecule has 0 saturated heterocycles. The largest absolute Gasteiger partial charge is 0.476 e. The fraction of sp³-hybridized carbons (Fsp3) is 0.692. The van der Waals surface area contributed by atoms with Crippen LogP contribution in [0.5, 0.6) is 5.88 Å². The molecular formula is C13H22N4O. The number of nitrogen functional groups attached to an aromatic ring is 1. The third-order valence-corrected chi connectivity index (χ3v) is 2.78. The molecule has 0 spiro atoms. The van der Waals surface area contributed by atoms with Crippen LogP contribution in [0.2, 0.25) is 0 Å². The minimum absolute atomic E-state index is 0.125. The predicted octanol–water partition coefficient (Wildman–Crippen LogP) is 2.33. The van der Waals surface area contributed by atoms with E-state index in [0.717, 1.165) is 5.82 Å². The molecule has 100 valence electrons. The van der Waals surface area contributed by atoms with Crippen molar-refractivity contribution in [2.75, 3.05) is 17.7 Å². The maximum Gasteiger partial charge on any atom is 0.242 e. The zero-order valence-electron chi connectivity index (χ0n) is 11.6. The molecule has 1 aromatic heterocycles. The minimum Gasteiger partial charge on any atom is -0.476 e. The van der Waals surface area contributed by atoms with Crippen LogP contribution in [-0.2, 0) is 5.41 Å². The van der Waals surface area contributed by atoms with Crippen molar-refractivity contribution in [3.63, 3.8) is 0 Å². The first-order chi connectivity index (χ1) is 8.41. The lowest BCUT2D eigenvalue weighted by atomic mass is 9.96. The molecule has 1 saturated carbocycles. The molecule has 0 bridgehead atoms. The number of anilines is 2.